The molecule has 1 saturated heterocycles. The Balaban J connectivity index is 1.49. The van der Waals surface area contributed by atoms with Gasteiger partial charge >= 0.3 is 5.69 Å². The molecule has 2 aromatic rings. The Morgan fingerprint density at radius 1 is 1.21 bits per heavy atom. The number of guanidine groups is 1. The van der Waals surface area contributed by atoms with Gasteiger partial charge in [-0.3, -0.25) is 14.4 Å². The molecule has 2 heterocycles. The number of likely N-dealkylation sites (tertiary alicyclic amines) is 1. The first-order valence-electron chi connectivity index (χ1n) is 12.2. The van der Waals surface area contributed by atoms with Gasteiger partial charge in [-0.15, -0.1) is 0 Å². The summed E-state index contributed by atoms with van der Waals surface area (Å²) in [6.45, 7) is 5.50. The van der Waals surface area contributed by atoms with Crippen LogP contribution in [-0.4, -0.2) is 51.1 Å². The van der Waals surface area contributed by atoms with Crippen LogP contribution >= 0.6 is 0 Å². The van der Waals surface area contributed by atoms with E-state index in [0.717, 1.165) is 25.7 Å². The molecule has 4 rings (SSSR count). The molecule has 1 amide bonds. The van der Waals surface area contributed by atoms with Crippen molar-refractivity contribution < 1.29 is 9.90 Å². The molecule has 1 aliphatic heterocycles. The van der Waals surface area contributed by atoms with Gasteiger partial charge in [0.25, 0.3) is 0 Å². The first-order valence-corrected chi connectivity index (χ1v) is 12.2. The monoisotopic (exact) mass is 468 g/mol. The number of imidazole rings is 1. The summed E-state index contributed by atoms with van der Waals surface area (Å²) in [4.78, 5) is 34.9. The maximum absolute atomic E-state index is 13.6. The number of aliphatic imine (C=N–C) groups is 1. The number of hydrogen-bond acceptors (Lipinski definition) is 4. The number of piperidine rings is 1. The smallest absolute Gasteiger partial charge is 0.329 e. The summed E-state index contributed by atoms with van der Waals surface area (Å²) in [6.07, 6.45) is 5.02. The number of aromatic amines is 1. The van der Waals surface area contributed by atoms with Gasteiger partial charge in [-0.25, -0.2) is 4.79 Å². The van der Waals surface area contributed by atoms with E-state index in [9.17, 15) is 14.7 Å². The van der Waals surface area contributed by atoms with Crippen LogP contribution < -0.4 is 17.2 Å². The van der Waals surface area contributed by atoms with Gasteiger partial charge in [-0.05, 0) is 61.0 Å². The molecule has 2 aliphatic rings. The molecule has 1 fully saturated rings. The number of rotatable bonds is 7. The lowest BCUT2D eigenvalue weighted by atomic mass is 9.73. The summed E-state index contributed by atoms with van der Waals surface area (Å²) in [5.74, 6) is -0.450. The van der Waals surface area contributed by atoms with Crippen molar-refractivity contribution in [1.82, 2.24) is 14.5 Å². The Hall–Kier alpha value is -3.23. The van der Waals surface area contributed by atoms with E-state index in [2.05, 4.69) is 34.2 Å². The molecule has 9 heteroatoms. The number of carbonyl (C=O) groups is 1. The van der Waals surface area contributed by atoms with Gasteiger partial charge in [0.1, 0.15) is 6.04 Å². The Bertz CT molecular complexity index is 1120. The number of aryl methyl sites for hydroxylation is 2. The molecule has 0 radical (unpaired) electrons. The molecule has 184 valence electrons. The van der Waals surface area contributed by atoms with Crippen molar-refractivity contribution in [2.24, 2.45) is 22.4 Å². The fraction of sp³-hybridized carbons (Fsp3) is 0.560. The molecule has 1 aromatic heterocycles. The second kappa shape index (κ2) is 9.56. The number of benzene rings is 1. The third-order valence-electron chi connectivity index (χ3n) is 7.51. The lowest BCUT2D eigenvalue weighted by Crippen LogP contribution is -2.48. The SMILES string of the molecule is CC(C)[C@H](C(=O)N1CCC2(CCc3ccccc32)CC1)n1c(O)c(CCCN=C(N)N)[nH]c1=O. The largest absolute Gasteiger partial charge is 0.493 e. The quantitative estimate of drug-likeness (QED) is 0.278. The van der Waals surface area contributed by atoms with E-state index in [-0.39, 0.29) is 29.1 Å². The van der Waals surface area contributed by atoms with Crippen molar-refractivity contribution in [2.45, 2.75) is 63.8 Å². The minimum atomic E-state index is -0.764. The van der Waals surface area contributed by atoms with Crippen LogP contribution in [0, 0.1) is 5.92 Å². The summed E-state index contributed by atoms with van der Waals surface area (Å²) < 4.78 is 1.22. The maximum Gasteiger partial charge on any atom is 0.329 e. The summed E-state index contributed by atoms with van der Waals surface area (Å²) in [5, 5.41) is 10.8. The molecule has 1 aliphatic carbocycles. The molecule has 0 unspecified atom stereocenters. The van der Waals surface area contributed by atoms with Crippen molar-refractivity contribution in [2.75, 3.05) is 19.6 Å². The summed E-state index contributed by atoms with van der Waals surface area (Å²) in [5.41, 5.74) is 13.6. The third-order valence-corrected chi connectivity index (χ3v) is 7.51. The predicted molar refractivity (Wildman–Crippen MR) is 132 cm³/mol. The molecule has 0 bridgehead atoms. The van der Waals surface area contributed by atoms with Crippen molar-refractivity contribution in [3.05, 3.63) is 51.6 Å². The molecule has 6 N–H and O–H groups in total. The zero-order chi connectivity index (χ0) is 24.5. The minimum absolute atomic E-state index is 0.00478. The van der Waals surface area contributed by atoms with Gasteiger partial charge in [0, 0.05) is 19.6 Å². The van der Waals surface area contributed by atoms with Crippen LogP contribution in [0.5, 0.6) is 5.88 Å². The van der Waals surface area contributed by atoms with Crippen molar-refractivity contribution in [3.63, 3.8) is 0 Å². The van der Waals surface area contributed by atoms with Gasteiger partial charge in [0.05, 0.1) is 5.69 Å². The van der Waals surface area contributed by atoms with Crippen LogP contribution in [0.4, 0.5) is 0 Å². The minimum Gasteiger partial charge on any atom is -0.493 e. The third kappa shape index (κ3) is 4.43. The number of amides is 1. The standard InChI is InChI=1S/C25H36N6O3/c1-16(2)20(31-21(32)19(29-24(31)34)8-5-13-28-23(26)27)22(33)30-14-11-25(12-15-30)10-9-17-6-3-4-7-18(17)25/h3-4,6-7,16,20,32H,5,8-15H2,1-2H3,(H,29,34)(H4,26,27,28)/t20-/m1/s1. The Labute approximate surface area is 199 Å². The number of nitrogens with zero attached hydrogens (tertiary/aromatic N) is 3. The second-order valence-electron chi connectivity index (χ2n) is 9.96. The molecule has 1 spiro atoms. The van der Waals surface area contributed by atoms with Crippen LogP contribution in [0.2, 0.25) is 0 Å². The van der Waals surface area contributed by atoms with E-state index < -0.39 is 11.7 Å². The van der Waals surface area contributed by atoms with E-state index in [0.29, 0.717) is 38.2 Å². The molecule has 9 nitrogen and oxygen atoms in total. The first kappa shape index (κ1) is 23.9. The molecule has 0 saturated carbocycles. The number of H-pyrrole nitrogens is 1. The van der Waals surface area contributed by atoms with Gasteiger partial charge < -0.3 is 26.5 Å². The second-order valence-corrected chi connectivity index (χ2v) is 9.96. The van der Waals surface area contributed by atoms with E-state index in [1.165, 1.54) is 15.7 Å². The number of aromatic nitrogens is 2. The zero-order valence-corrected chi connectivity index (χ0v) is 20.1. The van der Waals surface area contributed by atoms with Gasteiger partial charge in [0.2, 0.25) is 11.8 Å². The molecule has 34 heavy (non-hydrogen) atoms. The van der Waals surface area contributed by atoms with Crippen LogP contribution in [-0.2, 0) is 23.1 Å². The summed E-state index contributed by atoms with van der Waals surface area (Å²) in [7, 11) is 0. The van der Waals surface area contributed by atoms with Crippen LogP contribution in [0.3, 0.4) is 0 Å². The van der Waals surface area contributed by atoms with Crippen LogP contribution in [0.15, 0.2) is 34.1 Å². The highest BCUT2D eigenvalue weighted by atomic mass is 16.3. The highest BCUT2D eigenvalue weighted by Crippen LogP contribution is 2.46. The average molecular weight is 469 g/mol. The van der Waals surface area contributed by atoms with E-state index in [1.807, 2.05) is 18.7 Å². The van der Waals surface area contributed by atoms with Gasteiger partial charge in [-0.2, -0.15) is 0 Å². The average Bonchev–Trinajstić information content (AvgIpc) is 3.29. The zero-order valence-electron chi connectivity index (χ0n) is 20.1. The number of hydrogen-bond donors (Lipinski definition) is 4. The number of aromatic hydroxyl groups is 1. The molecule has 1 atom stereocenters. The molecule has 1 aromatic carbocycles. The van der Waals surface area contributed by atoms with Crippen molar-refractivity contribution >= 4 is 11.9 Å². The lowest BCUT2D eigenvalue weighted by molar-refractivity contribution is -0.138. The van der Waals surface area contributed by atoms with Crippen molar-refractivity contribution in [1.29, 1.82) is 0 Å². The number of nitrogens with one attached hydrogen (secondary N) is 1. The highest BCUT2D eigenvalue weighted by Gasteiger charge is 2.43. The Morgan fingerprint density at radius 2 is 1.91 bits per heavy atom. The van der Waals surface area contributed by atoms with E-state index >= 15 is 0 Å². The van der Waals surface area contributed by atoms with Gasteiger partial charge in [0.15, 0.2) is 5.96 Å². The predicted octanol–water partition coefficient (Wildman–Crippen LogP) is 1.79. The van der Waals surface area contributed by atoms with E-state index in [1.54, 1.807) is 0 Å². The maximum atomic E-state index is 13.6. The lowest BCUT2D eigenvalue weighted by Gasteiger charge is -2.41. The highest BCUT2D eigenvalue weighted by molar-refractivity contribution is 5.81. The van der Waals surface area contributed by atoms with Crippen LogP contribution in [0.1, 0.15) is 62.4 Å². The first-order chi connectivity index (χ1) is 16.2. The van der Waals surface area contributed by atoms with Crippen molar-refractivity contribution in [3.8, 4) is 5.88 Å². The molecular formula is C25H36N6O3. The number of nitrogens with two attached hydrogens (primary N) is 2. The van der Waals surface area contributed by atoms with E-state index in [4.69, 9.17) is 11.5 Å². The topological polar surface area (TPSA) is 143 Å². The number of carbonyl (C=O) groups excluding carboxylic acids is 1. The molecular weight excluding hydrogens is 432 g/mol. The Morgan fingerprint density at radius 3 is 2.59 bits per heavy atom. The van der Waals surface area contributed by atoms with Gasteiger partial charge in [-0.1, -0.05) is 38.1 Å². The number of fused-ring (bicyclic) bond motifs is 2. The Kier molecular flexibility index (Phi) is 6.72. The summed E-state index contributed by atoms with van der Waals surface area (Å²) in [6, 6.07) is 7.89. The normalized spacial score (nSPS) is 17.7. The summed E-state index contributed by atoms with van der Waals surface area (Å²) >= 11 is 0. The van der Waals surface area contributed by atoms with Crippen LogP contribution in [0.25, 0.3) is 0 Å². The fourth-order valence-corrected chi connectivity index (χ4v) is 5.70. The fourth-order valence-electron chi connectivity index (χ4n) is 5.70.